The molecule has 4 aromatic carbocycles. The molecule has 0 aliphatic carbocycles. The summed E-state index contributed by atoms with van der Waals surface area (Å²) in [7, 11) is -7.13. The molecule has 232 valence electrons. The monoisotopic (exact) mass is 647 g/mol. The van der Waals surface area contributed by atoms with Gasteiger partial charge in [-0.2, -0.15) is 13.2 Å². The minimum absolute atomic E-state index is 0.124. The number of amides is 1. The lowest BCUT2D eigenvalue weighted by atomic mass is 10.2. The van der Waals surface area contributed by atoms with Crippen LogP contribution in [-0.4, -0.2) is 36.4 Å². The molecule has 0 aliphatic heterocycles. The van der Waals surface area contributed by atoms with Crippen LogP contribution in [0.3, 0.4) is 0 Å². The fourth-order valence-corrected chi connectivity index (χ4v) is 6.62. The highest BCUT2D eigenvalue weighted by Crippen LogP contribution is 2.33. The van der Waals surface area contributed by atoms with Crippen molar-refractivity contribution in [2.24, 2.45) is 0 Å². The molecule has 0 heterocycles. The molecule has 0 atom stereocenters. The highest BCUT2D eigenvalue weighted by atomic mass is 32.2. The molecule has 1 amide bonds. The molecule has 0 fully saturated rings. The van der Waals surface area contributed by atoms with Gasteiger partial charge in [-0.1, -0.05) is 29.8 Å². The van der Waals surface area contributed by atoms with E-state index in [1.165, 1.54) is 55.6 Å². The molecule has 9 nitrogen and oxygen atoms in total. The van der Waals surface area contributed by atoms with Crippen molar-refractivity contribution in [1.29, 1.82) is 0 Å². The van der Waals surface area contributed by atoms with Crippen LogP contribution >= 0.6 is 0 Å². The van der Waals surface area contributed by atoms with Crippen LogP contribution in [0, 0.1) is 13.8 Å². The second-order valence-electron chi connectivity index (χ2n) is 9.75. The summed E-state index contributed by atoms with van der Waals surface area (Å²) >= 11 is 0. The number of halogens is 3. The van der Waals surface area contributed by atoms with E-state index in [0.29, 0.717) is 16.1 Å². The first-order chi connectivity index (χ1) is 20.6. The molecule has 0 aliphatic rings. The van der Waals surface area contributed by atoms with Crippen molar-refractivity contribution in [2.45, 2.75) is 29.8 Å². The second-order valence-corrected chi connectivity index (χ2v) is 13.3. The van der Waals surface area contributed by atoms with Crippen LogP contribution in [0.25, 0.3) is 0 Å². The summed E-state index contributed by atoms with van der Waals surface area (Å²) in [4.78, 5) is 12.7. The van der Waals surface area contributed by atoms with Gasteiger partial charge in [-0.25, -0.2) is 16.8 Å². The minimum atomic E-state index is -4.75. The Kier molecular flexibility index (Phi) is 9.25. The summed E-state index contributed by atoms with van der Waals surface area (Å²) in [6.07, 6.45) is -4.75. The van der Waals surface area contributed by atoms with Gasteiger partial charge in [-0.05, 0) is 86.1 Å². The zero-order valence-corrected chi connectivity index (χ0v) is 25.3. The molecule has 2 N–H and O–H groups in total. The maximum Gasteiger partial charge on any atom is 0.416 e. The number of alkyl halides is 3. The number of hydrogen-bond donors (Lipinski definition) is 2. The lowest BCUT2D eigenvalue weighted by Crippen LogP contribution is -2.38. The summed E-state index contributed by atoms with van der Waals surface area (Å²) in [6, 6.07) is 19.3. The second kappa shape index (κ2) is 12.6. The Hall–Kier alpha value is -4.56. The number of ether oxygens (including phenoxy) is 1. The Balaban J connectivity index is 1.58. The molecular formula is C30H28F3N3O6S2. The van der Waals surface area contributed by atoms with E-state index in [0.717, 1.165) is 29.3 Å². The molecule has 0 saturated carbocycles. The van der Waals surface area contributed by atoms with E-state index in [2.05, 4.69) is 10.0 Å². The van der Waals surface area contributed by atoms with Crippen molar-refractivity contribution < 1.29 is 39.5 Å². The molecule has 4 rings (SSSR count). The average molecular weight is 648 g/mol. The van der Waals surface area contributed by atoms with Crippen LogP contribution in [0.1, 0.15) is 16.7 Å². The van der Waals surface area contributed by atoms with Crippen molar-refractivity contribution in [1.82, 2.24) is 0 Å². The Morgan fingerprint density at radius 2 is 1.43 bits per heavy atom. The third kappa shape index (κ3) is 7.50. The van der Waals surface area contributed by atoms with E-state index in [4.69, 9.17) is 4.74 Å². The van der Waals surface area contributed by atoms with Crippen molar-refractivity contribution >= 4 is 43.0 Å². The first kappa shape index (κ1) is 32.4. The van der Waals surface area contributed by atoms with Gasteiger partial charge in [0.2, 0.25) is 5.91 Å². The minimum Gasteiger partial charge on any atom is -0.495 e. The van der Waals surface area contributed by atoms with Gasteiger partial charge in [0.15, 0.2) is 0 Å². The van der Waals surface area contributed by atoms with Crippen LogP contribution in [0.2, 0.25) is 0 Å². The van der Waals surface area contributed by atoms with Gasteiger partial charge in [0.05, 0.1) is 33.8 Å². The fraction of sp³-hybridized carbons (Fsp3) is 0.167. The van der Waals surface area contributed by atoms with Crippen molar-refractivity contribution in [3.8, 4) is 5.75 Å². The summed E-state index contributed by atoms with van der Waals surface area (Å²) in [6.45, 7) is 2.65. The number of anilines is 3. The number of carbonyl (C=O) groups is 1. The van der Waals surface area contributed by atoms with Crippen molar-refractivity contribution in [3.05, 3.63) is 108 Å². The summed E-state index contributed by atoms with van der Waals surface area (Å²) in [5.74, 6) is -0.565. The number of rotatable bonds is 10. The number of carbonyl (C=O) groups excluding carboxylic acids is 1. The molecule has 0 radical (unpaired) electrons. The van der Waals surface area contributed by atoms with E-state index in [1.807, 2.05) is 0 Å². The molecule has 14 heteroatoms. The van der Waals surface area contributed by atoms with E-state index < -0.39 is 44.2 Å². The first-order valence-corrected chi connectivity index (χ1v) is 15.9. The average Bonchev–Trinajstić information content (AvgIpc) is 2.96. The SMILES string of the molecule is COc1ccc(C)cc1NS(=O)(=O)c1ccc(NC(=O)CN(c2cccc(C(F)(F)F)c2)S(=O)(=O)c2ccc(C)cc2)cc1. The quantitative estimate of drug-likeness (QED) is 0.219. The summed E-state index contributed by atoms with van der Waals surface area (Å²) < 4.78 is 102. The zero-order chi connectivity index (χ0) is 32.3. The number of sulfonamides is 2. The van der Waals surface area contributed by atoms with Gasteiger partial charge in [0, 0.05) is 5.69 Å². The number of nitrogens with one attached hydrogen (secondary N) is 2. The van der Waals surface area contributed by atoms with E-state index in [-0.39, 0.29) is 26.9 Å². The van der Waals surface area contributed by atoms with Crippen LogP contribution in [0.15, 0.2) is 101 Å². The predicted molar refractivity (Wildman–Crippen MR) is 161 cm³/mol. The highest BCUT2D eigenvalue weighted by Gasteiger charge is 2.33. The Morgan fingerprint density at radius 1 is 0.818 bits per heavy atom. The van der Waals surface area contributed by atoms with E-state index in [9.17, 15) is 34.8 Å². The molecule has 0 saturated heterocycles. The Labute approximate surface area is 253 Å². The lowest BCUT2D eigenvalue weighted by molar-refractivity contribution is -0.137. The molecule has 44 heavy (non-hydrogen) atoms. The molecule has 4 aromatic rings. The largest absolute Gasteiger partial charge is 0.495 e. The maximum absolute atomic E-state index is 13.5. The standard InChI is InChI=1S/C30H28F3N3O6S2/c1-20-7-12-26(13-8-20)44(40,41)36(24-6-4-5-22(18-24)30(31,32)33)19-29(37)34-23-10-14-25(15-11-23)43(38,39)35-27-17-21(2)9-16-28(27)42-3/h4-18,35H,19H2,1-3H3,(H,34,37). The van der Waals surface area contributed by atoms with Crippen LogP contribution in [0.4, 0.5) is 30.2 Å². The van der Waals surface area contributed by atoms with Crippen LogP contribution in [-0.2, 0) is 31.0 Å². The van der Waals surface area contributed by atoms with Crippen LogP contribution < -0.4 is 19.1 Å². The summed E-state index contributed by atoms with van der Waals surface area (Å²) in [5, 5.41) is 2.47. The zero-order valence-electron chi connectivity index (χ0n) is 23.7. The van der Waals surface area contributed by atoms with Gasteiger partial charge >= 0.3 is 6.18 Å². The molecule has 0 unspecified atom stereocenters. The number of hydrogen-bond acceptors (Lipinski definition) is 6. The van der Waals surface area contributed by atoms with Gasteiger partial charge in [-0.15, -0.1) is 0 Å². The topological polar surface area (TPSA) is 122 Å². The fourth-order valence-electron chi connectivity index (χ4n) is 4.14. The van der Waals surface area contributed by atoms with Crippen molar-refractivity contribution in [2.75, 3.05) is 28.0 Å². The third-order valence-electron chi connectivity index (χ3n) is 6.41. The van der Waals surface area contributed by atoms with Gasteiger partial charge in [0.25, 0.3) is 20.0 Å². The number of methoxy groups -OCH3 is 1. The predicted octanol–water partition coefficient (Wildman–Crippen LogP) is 5.97. The van der Waals surface area contributed by atoms with Gasteiger partial charge in [0.1, 0.15) is 12.3 Å². The van der Waals surface area contributed by atoms with Gasteiger partial charge < -0.3 is 10.1 Å². The van der Waals surface area contributed by atoms with Gasteiger partial charge in [-0.3, -0.25) is 13.8 Å². The van der Waals surface area contributed by atoms with Crippen molar-refractivity contribution in [3.63, 3.8) is 0 Å². The molecule has 0 aromatic heterocycles. The van der Waals surface area contributed by atoms with E-state index >= 15 is 0 Å². The number of nitrogens with zero attached hydrogens (tertiary/aromatic N) is 1. The van der Waals surface area contributed by atoms with Crippen LogP contribution in [0.5, 0.6) is 5.75 Å². The number of benzene rings is 4. The first-order valence-electron chi connectivity index (χ1n) is 12.9. The normalized spacial score (nSPS) is 12.0. The molecule has 0 bridgehead atoms. The maximum atomic E-state index is 13.5. The Bertz CT molecular complexity index is 1880. The summed E-state index contributed by atoms with van der Waals surface area (Å²) in [5.41, 5.74) is 0.451. The molecular weight excluding hydrogens is 619 g/mol. The lowest BCUT2D eigenvalue weighted by Gasteiger charge is -2.25. The number of aryl methyl sites for hydroxylation is 2. The highest BCUT2D eigenvalue weighted by molar-refractivity contribution is 7.93. The Morgan fingerprint density at radius 3 is 2.05 bits per heavy atom. The molecule has 0 spiro atoms. The van der Waals surface area contributed by atoms with E-state index in [1.54, 1.807) is 32.0 Å². The smallest absolute Gasteiger partial charge is 0.416 e. The third-order valence-corrected chi connectivity index (χ3v) is 9.57.